The van der Waals surface area contributed by atoms with E-state index in [1.54, 1.807) is 0 Å². The Balaban J connectivity index is 0.000000727. The number of halogens is 4. The molecule has 0 saturated carbocycles. The molecule has 0 aromatic rings. The van der Waals surface area contributed by atoms with Crippen molar-refractivity contribution in [1.82, 2.24) is 0 Å². The summed E-state index contributed by atoms with van der Waals surface area (Å²) in [6, 6.07) is 0. The first-order valence-electron chi connectivity index (χ1n) is 30.9. The molecule has 0 spiro atoms. The van der Waals surface area contributed by atoms with E-state index in [2.05, 4.69) is 92.0 Å². The summed E-state index contributed by atoms with van der Waals surface area (Å²) in [5.41, 5.74) is 0. The lowest BCUT2D eigenvalue weighted by atomic mass is 10.4. The molecular formula is C37H64F4O69S22. The van der Waals surface area contributed by atoms with Gasteiger partial charge >= 0.3 is 109 Å². The van der Waals surface area contributed by atoms with E-state index in [4.69, 9.17) is 0 Å². The van der Waals surface area contributed by atoms with Gasteiger partial charge in [0.25, 0.3) is 142 Å². The van der Waals surface area contributed by atoms with Crippen LogP contribution in [0.5, 0.6) is 0 Å². The number of alkyl halides is 4. The molecule has 132 heavy (non-hydrogen) atoms. The summed E-state index contributed by atoms with van der Waals surface area (Å²) in [5.74, 6) is -3.30. The lowest BCUT2D eigenvalue weighted by molar-refractivity contribution is -0.0816. The summed E-state index contributed by atoms with van der Waals surface area (Å²) in [6.07, 6.45) is -5.47. The van der Waals surface area contributed by atoms with Gasteiger partial charge in [-0.15, -0.1) is 0 Å². The van der Waals surface area contributed by atoms with Gasteiger partial charge in [0.2, 0.25) is 42.2 Å². The maximum Gasteiger partial charge on any atom is 0.540 e. The maximum absolute atomic E-state index is 12.4. The second-order valence-electron chi connectivity index (χ2n) is 25.1. The second kappa shape index (κ2) is 41.9. The van der Waals surface area contributed by atoms with Gasteiger partial charge in [-0.05, 0) is 82.6 Å². The fourth-order valence-electron chi connectivity index (χ4n) is 6.35. The standard InChI is InChI=1S/C6H12O6S2.C4H6O7S2.4C4H8O6S2.C3H6O6S2.C2F2O7S2.C2H2F2O6S2.C2H2O7S2.C2H4O6S2/c1-5(2)11-13(7,8)6(3,4)14(9,10)12-5;1-4(2)12(6,7)10-3(5)11-13(4,8)9;1-4(2)9-11(5,6)3-12(7,8)10-4;1-4(2)11(5,6)9-3-10-12(4,7)8;1-4-11(5,6)9-2-3-10-12(4,7)8;5-11(6)4-12(7,8)10-3-1-2-9-11;4-10(5)3-11(6,7)9-2-1-8-10;3-2(4)12(6,7)10-1(5)11-13(2,8)9;3-2(4)11(5,6)9-1-10-12(2,7)8;3-2-8-10(4,5)1-11(6,7)9-2;3-9(4)2-10(5,6)8-1-7-9/h1-4H3;1-2H3;2*3H2,1-2H3;4H,2-3H2,1H3;1-4H2;1-3H2;;1H2;1H2;1-2H2. The minimum Gasteiger partial charge on any atom is -0.310 e. The van der Waals surface area contributed by atoms with Crippen LogP contribution in [0.2, 0.25) is 0 Å². The normalized spacial score (nSPS) is 29.7. The van der Waals surface area contributed by atoms with Crippen LogP contribution >= 0.6 is 0 Å². The van der Waals surface area contributed by atoms with Gasteiger partial charge in [-0.2, -0.15) is 203 Å². The number of hydrogen-bond donors (Lipinski definition) is 0. The third-order valence-electron chi connectivity index (χ3n) is 12.7. The van der Waals surface area contributed by atoms with Gasteiger partial charge < -0.3 is 25.1 Å². The van der Waals surface area contributed by atoms with E-state index in [9.17, 15) is 217 Å². The fraction of sp³-hybridized carbons (Fsp3) is 0.919. The van der Waals surface area contributed by atoms with E-state index >= 15 is 0 Å². The third kappa shape index (κ3) is 35.8. The number of rotatable bonds is 0. The zero-order chi connectivity index (χ0) is 105. The number of hydrogen-bond acceptors (Lipinski definition) is 69. The van der Waals surface area contributed by atoms with E-state index in [1.807, 2.05) is 0 Å². The SMILES string of the molecule is CC1(C)OS(=O)(=O)C(C)(C)S(=O)(=O)O1.CC1(C)OS(=O)(=O)CS(=O)(=O)O1.CC1(C)S(=O)(=O)OC(=O)OS1(=O)=O.CC1(C)S(=O)(=O)OCOS1(=O)=O.CC1S(=O)(=O)OCCOS1(=O)=O.O=C1OS(=O)(=O)C(F)(F)S(=O)(=O)O1.O=C1OS(=O)(=O)CS(=O)(=O)O1.O=S1(=O)CS(=O)(=O)OCCCO1.O=S1(=O)CS(=O)(=O)OCCO1.O=S1(=O)CS(=O)(=O)OCO1.O=S1(=O)OCOS(=O)(=O)C1(F)F. The highest BCUT2D eigenvalue weighted by Gasteiger charge is 2.68. The lowest BCUT2D eigenvalue weighted by Gasteiger charge is -2.36. The predicted octanol–water partition coefficient (Wildman–Crippen LogP) is -8.84. The molecular weight excluding hydrogens is 2330 g/mol. The van der Waals surface area contributed by atoms with Crippen molar-refractivity contribution in [1.29, 1.82) is 0 Å². The fourth-order valence-corrected chi connectivity index (χ4v) is 33.0. The molecule has 11 rings (SSSR count). The van der Waals surface area contributed by atoms with Gasteiger partial charge in [0, 0.05) is 0 Å². The van der Waals surface area contributed by atoms with Crippen molar-refractivity contribution in [3.63, 3.8) is 0 Å². The summed E-state index contributed by atoms with van der Waals surface area (Å²) < 4.78 is 590. The molecule has 69 nitrogen and oxygen atoms in total. The van der Waals surface area contributed by atoms with Crippen molar-refractivity contribution in [2.75, 3.05) is 85.4 Å². The smallest absolute Gasteiger partial charge is 0.310 e. The van der Waals surface area contributed by atoms with Crippen molar-refractivity contribution < 1.29 is 309 Å². The molecule has 0 amide bonds. The zero-order valence-corrected chi connectivity index (χ0v) is 83.8. The van der Waals surface area contributed by atoms with E-state index in [1.165, 1.54) is 27.7 Å². The Morgan fingerprint density at radius 3 is 0.689 bits per heavy atom. The highest BCUT2D eigenvalue weighted by atomic mass is 32.3. The van der Waals surface area contributed by atoms with Crippen molar-refractivity contribution in [3.05, 3.63) is 0 Å². The van der Waals surface area contributed by atoms with Crippen LogP contribution in [-0.2, 0) is 315 Å². The van der Waals surface area contributed by atoms with Crippen LogP contribution in [0.25, 0.3) is 0 Å². The van der Waals surface area contributed by atoms with Crippen LogP contribution in [0.1, 0.15) is 82.6 Å². The highest BCUT2D eigenvalue weighted by Crippen LogP contribution is 2.40. The first kappa shape index (κ1) is 126. The Morgan fingerprint density at radius 1 is 0.220 bits per heavy atom. The number of carbonyl (C=O) groups excluding carboxylic acids is 3. The van der Waals surface area contributed by atoms with E-state index < -0.39 is 324 Å². The largest absolute Gasteiger partial charge is 0.540 e. The number of carbonyl (C=O) groups is 3. The molecule has 11 aliphatic rings. The molecule has 11 heterocycles. The van der Waals surface area contributed by atoms with Gasteiger partial charge in [-0.25, -0.2) is 56.2 Å². The molecule has 11 fully saturated rings. The average molecular weight is 2390 g/mol. The van der Waals surface area contributed by atoms with E-state index in [0.717, 1.165) is 48.5 Å². The highest BCUT2D eigenvalue weighted by molar-refractivity contribution is 8.10. The summed E-state index contributed by atoms with van der Waals surface area (Å²) in [5, 5.41) is -5.74. The quantitative estimate of drug-likeness (QED) is 0.161. The molecule has 11 aliphatic heterocycles. The Morgan fingerprint density at radius 2 is 0.424 bits per heavy atom. The Bertz CT molecular complexity index is 6550. The molecule has 786 valence electrons. The van der Waals surface area contributed by atoms with E-state index in [-0.39, 0.29) is 46.1 Å². The Labute approximate surface area is 749 Å². The average Bonchev–Trinajstić information content (AvgIpc) is 0.727. The van der Waals surface area contributed by atoms with Gasteiger partial charge in [0.05, 0.1) is 39.6 Å². The molecule has 95 heteroatoms. The van der Waals surface area contributed by atoms with Gasteiger partial charge in [-0.3, -0.25) is 25.1 Å². The minimum atomic E-state index is -5.81. The zero-order valence-electron chi connectivity index (χ0n) is 65.8. The second-order valence-corrected chi connectivity index (χ2v) is 67.7. The molecule has 0 atom stereocenters. The third-order valence-corrected chi connectivity index (χ3v) is 53.3. The Hall–Kier alpha value is -4.21. The summed E-state index contributed by atoms with van der Waals surface area (Å²) in [6.45, 7) is 7.82. The first-order valence-corrected chi connectivity index (χ1v) is 63.6. The summed E-state index contributed by atoms with van der Waals surface area (Å²) in [4.78, 5) is 30.5. The minimum absolute atomic E-state index is 0.0299. The molecule has 0 N–H and O–H groups in total. The van der Waals surface area contributed by atoms with Crippen molar-refractivity contribution in [2.24, 2.45) is 0 Å². The van der Waals surface area contributed by atoms with Crippen LogP contribution < -0.4 is 0 Å². The lowest BCUT2D eigenvalue weighted by Crippen LogP contribution is -2.54. The van der Waals surface area contributed by atoms with Crippen LogP contribution in [0, 0.1) is 0 Å². The molecule has 0 aliphatic carbocycles. The molecule has 11 saturated heterocycles. The molecule has 0 bridgehead atoms. The van der Waals surface area contributed by atoms with Crippen LogP contribution in [0.3, 0.4) is 0 Å². The molecule has 0 aromatic carbocycles. The van der Waals surface area contributed by atoms with Gasteiger partial charge in [0.15, 0.2) is 32.0 Å². The maximum atomic E-state index is 12.4. The van der Waals surface area contributed by atoms with Gasteiger partial charge in [0.1, 0.15) is 0 Å². The topological polar surface area (TPSA) is 1010 Å². The van der Waals surface area contributed by atoms with E-state index in [0.29, 0.717) is 0 Å². The Kier molecular flexibility index (Phi) is 39.9. The van der Waals surface area contributed by atoms with Crippen molar-refractivity contribution >= 4 is 241 Å². The molecule has 0 radical (unpaired) electrons. The van der Waals surface area contributed by atoms with Crippen molar-refractivity contribution in [3.8, 4) is 0 Å². The summed E-state index contributed by atoms with van der Waals surface area (Å²) in [7, 11) is -96.2. The van der Waals surface area contributed by atoms with Crippen molar-refractivity contribution in [2.45, 2.75) is 120 Å². The summed E-state index contributed by atoms with van der Waals surface area (Å²) >= 11 is 0. The monoisotopic (exact) mass is 2390 g/mol. The van der Waals surface area contributed by atoms with Crippen LogP contribution in [-0.4, -0.2) is 327 Å². The molecule has 0 aromatic heterocycles. The molecule has 0 unspecified atom stereocenters. The van der Waals surface area contributed by atoms with Crippen LogP contribution in [0.15, 0.2) is 0 Å². The predicted molar refractivity (Wildman–Crippen MR) is 399 cm³/mol. The first-order chi connectivity index (χ1) is 57.6. The van der Waals surface area contributed by atoms with Crippen LogP contribution in [0.4, 0.5) is 31.9 Å². The van der Waals surface area contributed by atoms with Gasteiger partial charge in [-0.1, -0.05) is 0 Å².